The number of hydrogen-bond acceptors (Lipinski definition) is 8. The van der Waals surface area contributed by atoms with Gasteiger partial charge >= 0.3 is 5.97 Å². The number of nitrogens with one attached hydrogen (secondary N) is 1. The van der Waals surface area contributed by atoms with Gasteiger partial charge in [-0.1, -0.05) is 36.4 Å². The number of esters is 1. The summed E-state index contributed by atoms with van der Waals surface area (Å²) in [4.78, 5) is 12.1. The summed E-state index contributed by atoms with van der Waals surface area (Å²) in [5.74, 6) is -0.547. The minimum atomic E-state index is -1.41. The topological polar surface area (TPSA) is 117 Å². The average molecular weight is 411 g/mol. The van der Waals surface area contributed by atoms with Crippen molar-refractivity contribution in [3.8, 4) is 0 Å². The summed E-state index contributed by atoms with van der Waals surface area (Å²) in [6, 6.07) is 8.10. The predicted octanol–water partition coefficient (Wildman–Crippen LogP) is 1.27. The van der Waals surface area contributed by atoms with Gasteiger partial charge in [-0.2, -0.15) is 0 Å². The zero-order valence-electron chi connectivity index (χ0n) is 17.3. The van der Waals surface area contributed by atoms with Crippen LogP contribution >= 0.6 is 0 Å². The first-order valence-corrected chi connectivity index (χ1v) is 9.49. The molecule has 0 aliphatic rings. The molecular formula is C21H33NO7. The van der Waals surface area contributed by atoms with Crippen molar-refractivity contribution in [1.29, 1.82) is 0 Å². The molecule has 0 aliphatic carbocycles. The molecule has 1 aromatic rings. The summed E-state index contributed by atoms with van der Waals surface area (Å²) < 4.78 is 15.7. The van der Waals surface area contributed by atoms with E-state index in [1.165, 1.54) is 6.08 Å². The van der Waals surface area contributed by atoms with Crippen molar-refractivity contribution < 1.29 is 34.3 Å². The van der Waals surface area contributed by atoms with Crippen LogP contribution < -0.4 is 5.32 Å². The molecular weight excluding hydrogens is 378 g/mol. The molecule has 0 fully saturated rings. The fourth-order valence-corrected chi connectivity index (χ4v) is 2.45. The van der Waals surface area contributed by atoms with E-state index in [9.17, 15) is 20.1 Å². The molecule has 0 spiro atoms. The van der Waals surface area contributed by atoms with Crippen molar-refractivity contribution in [2.75, 3.05) is 19.8 Å². The van der Waals surface area contributed by atoms with Gasteiger partial charge in [0.05, 0.1) is 38.4 Å². The van der Waals surface area contributed by atoms with Crippen molar-refractivity contribution in [3.63, 3.8) is 0 Å². The van der Waals surface area contributed by atoms with Crippen LogP contribution in [0.3, 0.4) is 0 Å². The number of carbonyl (C=O) groups excluding carboxylic acids is 1. The molecule has 4 N–H and O–H groups in total. The Labute approximate surface area is 172 Å². The number of aliphatic hydroxyl groups excluding tert-OH is 3. The minimum Gasteiger partial charge on any atom is -0.460 e. The smallest absolute Gasteiger partial charge is 0.307 e. The zero-order chi connectivity index (χ0) is 21.9. The summed E-state index contributed by atoms with van der Waals surface area (Å²) in [5, 5.41) is 33.1. The van der Waals surface area contributed by atoms with Crippen molar-refractivity contribution in [3.05, 3.63) is 48.6 Å². The summed E-state index contributed by atoms with van der Waals surface area (Å²) in [6.45, 7) is 8.58. The lowest BCUT2D eigenvalue weighted by Gasteiger charge is -2.28. The fraction of sp³-hybridized carbons (Fsp3) is 0.571. The Kier molecular flexibility index (Phi) is 11.0. The number of carbonyl (C=O) groups is 1. The van der Waals surface area contributed by atoms with Gasteiger partial charge in [-0.05, 0) is 26.3 Å². The van der Waals surface area contributed by atoms with Crippen LogP contribution in [0, 0.1) is 0 Å². The van der Waals surface area contributed by atoms with Crippen LogP contribution in [0.2, 0.25) is 0 Å². The maximum absolute atomic E-state index is 12.1. The largest absolute Gasteiger partial charge is 0.460 e. The molecule has 164 valence electrons. The Morgan fingerprint density at radius 3 is 2.41 bits per heavy atom. The summed E-state index contributed by atoms with van der Waals surface area (Å²) in [7, 11) is 0. The zero-order valence-corrected chi connectivity index (χ0v) is 17.3. The van der Waals surface area contributed by atoms with Crippen LogP contribution in [-0.2, 0) is 19.0 Å². The molecule has 8 nitrogen and oxygen atoms in total. The summed E-state index contributed by atoms with van der Waals surface area (Å²) >= 11 is 0. The Morgan fingerprint density at radius 1 is 1.17 bits per heavy atom. The van der Waals surface area contributed by atoms with E-state index < -0.39 is 36.2 Å². The van der Waals surface area contributed by atoms with Crippen molar-refractivity contribution in [1.82, 2.24) is 5.32 Å². The highest BCUT2D eigenvalue weighted by Crippen LogP contribution is 2.14. The first kappa shape index (κ1) is 25.2. The fourth-order valence-electron chi connectivity index (χ4n) is 2.45. The highest BCUT2D eigenvalue weighted by atomic mass is 16.6. The number of benzene rings is 1. The number of hydrogen-bond donors (Lipinski definition) is 4. The Balaban J connectivity index is 2.61. The molecule has 4 atom stereocenters. The molecule has 0 radical (unpaired) electrons. The minimum absolute atomic E-state index is 0.0320. The third-order valence-electron chi connectivity index (χ3n) is 3.75. The molecule has 8 heteroatoms. The van der Waals surface area contributed by atoms with Crippen LogP contribution in [0.1, 0.15) is 38.9 Å². The second kappa shape index (κ2) is 12.7. The number of rotatable bonds is 13. The maximum Gasteiger partial charge on any atom is 0.307 e. The van der Waals surface area contributed by atoms with E-state index in [1.807, 2.05) is 6.07 Å². The van der Waals surface area contributed by atoms with E-state index in [0.29, 0.717) is 5.56 Å². The van der Waals surface area contributed by atoms with Gasteiger partial charge in [0.1, 0.15) is 11.7 Å². The van der Waals surface area contributed by atoms with E-state index in [1.54, 1.807) is 45.0 Å². The van der Waals surface area contributed by atoms with Crippen LogP contribution in [0.5, 0.6) is 0 Å². The SMILES string of the molecule is C=CCO[C@@H](O)N[C@@H](CC(=O)OC(C)(C)C)[C@H](O)COC[C@H](O)c1ccccc1. The normalized spacial score (nSPS) is 15.9. The number of ether oxygens (including phenoxy) is 3. The highest BCUT2D eigenvalue weighted by Gasteiger charge is 2.28. The van der Waals surface area contributed by atoms with E-state index in [4.69, 9.17) is 14.2 Å². The van der Waals surface area contributed by atoms with E-state index >= 15 is 0 Å². The van der Waals surface area contributed by atoms with Crippen LogP contribution in [0.15, 0.2) is 43.0 Å². The highest BCUT2D eigenvalue weighted by molar-refractivity contribution is 5.70. The molecule has 0 saturated heterocycles. The third-order valence-corrected chi connectivity index (χ3v) is 3.75. The van der Waals surface area contributed by atoms with Crippen molar-refractivity contribution in [2.24, 2.45) is 0 Å². The summed E-state index contributed by atoms with van der Waals surface area (Å²) in [5.41, 5.74) is 0.0135. The molecule has 1 rings (SSSR count). The molecule has 0 bridgehead atoms. The van der Waals surface area contributed by atoms with Gasteiger partial charge in [0, 0.05) is 0 Å². The predicted molar refractivity (Wildman–Crippen MR) is 108 cm³/mol. The van der Waals surface area contributed by atoms with E-state index in [0.717, 1.165) is 0 Å². The molecule has 29 heavy (non-hydrogen) atoms. The summed E-state index contributed by atoms with van der Waals surface area (Å²) in [6.07, 6.45) is -2.17. The molecule has 0 aliphatic heterocycles. The van der Waals surface area contributed by atoms with Gasteiger partial charge in [-0.3, -0.25) is 10.1 Å². The second-order valence-electron chi connectivity index (χ2n) is 7.57. The molecule has 0 heterocycles. The first-order valence-electron chi connectivity index (χ1n) is 9.49. The lowest BCUT2D eigenvalue weighted by molar-refractivity contribution is -0.159. The van der Waals surface area contributed by atoms with Gasteiger partial charge < -0.3 is 29.5 Å². The maximum atomic E-state index is 12.1. The second-order valence-corrected chi connectivity index (χ2v) is 7.57. The lowest BCUT2D eigenvalue weighted by Crippen LogP contribution is -2.49. The Hall–Kier alpha value is -1.81. The van der Waals surface area contributed by atoms with Crippen LogP contribution in [0.4, 0.5) is 0 Å². The van der Waals surface area contributed by atoms with Gasteiger partial charge in [-0.25, -0.2) is 0 Å². The van der Waals surface area contributed by atoms with Gasteiger partial charge in [0.15, 0.2) is 0 Å². The molecule has 1 aromatic carbocycles. The molecule has 0 amide bonds. The lowest BCUT2D eigenvalue weighted by atomic mass is 10.1. The third kappa shape index (κ3) is 11.1. The first-order chi connectivity index (χ1) is 13.6. The Bertz CT molecular complexity index is 603. The van der Waals surface area contributed by atoms with Crippen LogP contribution in [-0.4, -0.2) is 65.3 Å². The van der Waals surface area contributed by atoms with Gasteiger partial charge in [-0.15, -0.1) is 6.58 Å². The number of aliphatic hydroxyl groups is 3. The quantitative estimate of drug-likeness (QED) is 0.218. The monoisotopic (exact) mass is 411 g/mol. The van der Waals surface area contributed by atoms with Crippen LogP contribution in [0.25, 0.3) is 0 Å². The van der Waals surface area contributed by atoms with Crippen molar-refractivity contribution in [2.45, 2.75) is 57.5 Å². The van der Waals surface area contributed by atoms with Gasteiger partial charge in [0.25, 0.3) is 0 Å². The standard InChI is InChI=1S/C21H33NO7/c1-5-11-28-20(26)22-16(12-19(25)29-21(2,3)4)18(24)14-27-13-17(23)15-9-7-6-8-10-15/h5-10,16-18,20,22-24,26H,1,11-14H2,2-4H3/t16-,17-,18+,20+/m0/s1. The van der Waals surface area contributed by atoms with E-state index in [2.05, 4.69) is 11.9 Å². The van der Waals surface area contributed by atoms with Gasteiger partial charge in [0.2, 0.25) is 6.41 Å². The van der Waals surface area contributed by atoms with Crippen molar-refractivity contribution >= 4 is 5.97 Å². The van der Waals surface area contributed by atoms with E-state index in [-0.39, 0.29) is 26.2 Å². The molecule has 0 aromatic heterocycles. The Morgan fingerprint density at radius 2 is 1.83 bits per heavy atom. The molecule has 0 unspecified atom stereocenters. The molecule has 0 saturated carbocycles. The average Bonchev–Trinajstić information content (AvgIpc) is 2.64.